The molecule has 0 N–H and O–H groups in total. The minimum absolute atomic E-state index is 0.0281. The third-order valence-corrected chi connectivity index (χ3v) is 6.67. The number of benzene rings is 1. The molecule has 0 spiro atoms. The Morgan fingerprint density at radius 3 is 1.38 bits per heavy atom. The van der Waals surface area contributed by atoms with Crippen molar-refractivity contribution in [1.29, 1.82) is 0 Å². The van der Waals surface area contributed by atoms with E-state index < -0.39 is 0 Å². The van der Waals surface area contributed by atoms with Crippen LogP contribution in [0.5, 0.6) is 0 Å². The van der Waals surface area contributed by atoms with Crippen molar-refractivity contribution >= 4 is 11.6 Å². The Balaban J connectivity index is 1.87. The lowest BCUT2D eigenvalue weighted by atomic mass is 10.0. The summed E-state index contributed by atoms with van der Waals surface area (Å²) in [7, 11) is 4.03. The van der Waals surface area contributed by atoms with Crippen LogP contribution in [0.4, 0.5) is 0 Å². The Kier molecular flexibility index (Phi) is 16.7. The summed E-state index contributed by atoms with van der Waals surface area (Å²) >= 11 is 6.37. The van der Waals surface area contributed by atoms with Gasteiger partial charge in [0.1, 0.15) is 5.50 Å². The van der Waals surface area contributed by atoms with Crippen LogP contribution >= 0.6 is 11.6 Å². The highest BCUT2D eigenvalue weighted by atomic mass is 35.5. The normalized spacial score (nSPS) is 12.6. The van der Waals surface area contributed by atoms with Crippen LogP contribution in [-0.2, 0) is 6.42 Å². The molecule has 0 heterocycles. The summed E-state index contributed by atoms with van der Waals surface area (Å²) in [5.41, 5.74) is 2.61. The molecule has 0 bridgehead atoms. The fourth-order valence-corrected chi connectivity index (χ4v) is 4.16. The van der Waals surface area contributed by atoms with Gasteiger partial charge in [0.2, 0.25) is 0 Å². The zero-order valence-electron chi connectivity index (χ0n) is 19.7. The van der Waals surface area contributed by atoms with Gasteiger partial charge in [-0.1, -0.05) is 128 Å². The van der Waals surface area contributed by atoms with Gasteiger partial charge in [-0.2, -0.15) is 0 Å². The molecule has 1 rings (SSSR count). The lowest BCUT2D eigenvalue weighted by molar-refractivity contribution is 0.384. The molecule has 0 radical (unpaired) electrons. The summed E-state index contributed by atoms with van der Waals surface area (Å²) in [4.78, 5) is 2.03. The molecule has 0 aliphatic heterocycles. The van der Waals surface area contributed by atoms with Crippen molar-refractivity contribution in [1.82, 2.24) is 4.90 Å². The van der Waals surface area contributed by atoms with E-state index in [9.17, 15) is 0 Å². The Hall–Kier alpha value is -0.530. The lowest BCUT2D eigenvalue weighted by Gasteiger charge is -2.18. The summed E-state index contributed by atoms with van der Waals surface area (Å²) in [6.45, 7) is 2.29. The molecule has 168 valence electrons. The van der Waals surface area contributed by atoms with Crippen molar-refractivity contribution in [3.8, 4) is 0 Å². The predicted octanol–water partition coefficient (Wildman–Crippen LogP) is 9.29. The highest BCUT2D eigenvalue weighted by molar-refractivity contribution is 6.20. The Labute approximate surface area is 187 Å². The van der Waals surface area contributed by atoms with E-state index in [1.807, 2.05) is 19.0 Å². The number of hydrogen-bond acceptors (Lipinski definition) is 1. The quantitative estimate of drug-likeness (QED) is 0.122. The third kappa shape index (κ3) is 14.2. The van der Waals surface area contributed by atoms with Crippen molar-refractivity contribution in [2.45, 2.75) is 122 Å². The number of halogens is 1. The summed E-state index contributed by atoms with van der Waals surface area (Å²) in [5, 5.41) is 0. The van der Waals surface area contributed by atoms with Crippen LogP contribution in [0.3, 0.4) is 0 Å². The molecule has 0 saturated carbocycles. The average molecular weight is 422 g/mol. The van der Waals surface area contributed by atoms with Gasteiger partial charge in [0.15, 0.2) is 0 Å². The first-order chi connectivity index (χ1) is 14.1. The summed E-state index contributed by atoms with van der Waals surface area (Å²) in [6, 6.07) is 8.86. The molecule has 1 atom stereocenters. The van der Waals surface area contributed by atoms with Gasteiger partial charge in [0, 0.05) is 0 Å². The fraction of sp³-hybridized carbons (Fsp3) is 0.778. The Morgan fingerprint density at radius 1 is 0.621 bits per heavy atom. The second kappa shape index (κ2) is 18.3. The van der Waals surface area contributed by atoms with E-state index in [-0.39, 0.29) is 5.50 Å². The van der Waals surface area contributed by atoms with Crippen molar-refractivity contribution in [3.05, 3.63) is 35.4 Å². The topological polar surface area (TPSA) is 3.24 Å². The zero-order valence-corrected chi connectivity index (χ0v) is 20.5. The van der Waals surface area contributed by atoms with Gasteiger partial charge in [-0.05, 0) is 38.1 Å². The second-order valence-corrected chi connectivity index (χ2v) is 9.51. The Morgan fingerprint density at radius 2 is 1.00 bits per heavy atom. The molecule has 0 saturated heterocycles. The van der Waals surface area contributed by atoms with Crippen molar-refractivity contribution < 1.29 is 0 Å². The maximum atomic E-state index is 6.37. The molecule has 2 heteroatoms. The van der Waals surface area contributed by atoms with E-state index >= 15 is 0 Å². The van der Waals surface area contributed by atoms with E-state index in [2.05, 4.69) is 31.2 Å². The van der Waals surface area contributed by atoms with E-state index in [0.29, 0.717) is 0 Å². The van der Waals surface area contributed by atoms with E-state index in [4.69, 9.17) is 11.6 Å². The van der Waals surface area contributed by atoms with Crippen LogP contribution < -0.4 is 0 Å². The number of hydrogen-bond donors (Lipinski definition) is 0. The van der Waals surface area contributed by atoms with Crippen molar-refractivity contribution in [2.24, 2.45) is 0 Å². The summed E-state index contributed by atoms with van der Waals surface area (Å²) in [5.74, 6) is 0. The number of alkyl halides is 1. The van der Waals surface area contributed by atoms with Gasteiger partial charge < -0.3 is 0 Å². The SMILES string of the molecule is CCCCCCCCCCCCCCCCCCc1ccc(C(Cl)N(C)C)cc1. The van der Waals surface area contributed by atoms with Gasteiger partial charge in [-0.3, -0.25) is 4.90 Å². The van der Waals surface area contributed by atoms with Crippen LogP contribution in [0, 0.1) is 0 Å². The predicted molar refractivity (Wildman–Crippen MR) is 132 cm³/mol. The van der Waals surface area contributed by atoms with Crippen molar-refractivity contribution in [2.75, 3.05) is 14.1 Å². The third-order valence-electron chi connectivity index (χ3n) is 6.03. The summed E-state index contributed by atoms with van der Waals surface area (Å²) in [6.07, 6.45) is 24.1. The number of unbranched alkanes of at least 4 members (excludes halogenated alkanes) is 15. The van der Waals surface area contributed by atoms with Gasteiger partial charge in [-0.25, -0.2) is 0 Å². The first-order valence-corrected chi connectivity index (χ1v) is 13.0. The van der Waals surface area contributed by atoms with E-state index in [1.54, 1.807) is 0 Å². The fourth-order valence-electron chi connectivity index (χ4n) is 4.02. The average Bonchev–Trinajstić information content (AvgIpc) is 2.73. The van der Waals surface area contributed by atoms with E-state index in [0.717, 1.165) is 0 Å². The molecule has 1 aromatic carbocycles. The first-order valence-electron chi connectivity index (χ1n) is 12.5. The van der Waals surface area contributed by atoms with Gasteiger partial charge in [0.25, 0.3) is 0 Å². The van der Waals surface area contributed by atoms with Gasteiger partial charge >= 0.3 is 0 Å². The van der Waals surface area contributed by atoms with Crippen molar-refractivity contribution in [3.63, 3.8) is 0 Å². The van der Waals surface area contributed by atoms with Crippen LogP contribution in [0.1, 0.15) is 126 Å². The van der Waals surface area contributed by atoms with Crippen LogP contribution in [-0.4, -0.2) is 19.0 Å². The molecule has 0 aromatic heterocycles. The monoisotopic (exact) mass is 421 g/mol. The molecule has 0 fully saturated rings. The molecule has 1 nitrogen and oxygen atoms in total. The standard InChI is InChI=1S/C27H48ClN/c1-4-5-6-7-8-9-10-11-12-13-14-15-16-17-18-19-20-25-21-23-26(24-22-25)27(28)29(2)3/h21-24,27H,4-20H2,1-3H3. The number of aryl methyl sites for hydroxylation is 1. The number of nitrogens with zero attached hydrogens (tertiary/aromatic N) is 1. The highest BCUT2D eigenvalue weighted by Crippen LogP contribution is 2.23. The molecule has 0 aliphatic carbocycles. The smallest absolute Gasteiger partial charge is 0.110 e. The minimum atomic E-state index is -0.0281. The molecular formula is C27H48ClN. The zero-order chi connectivity index (χ0) is 21.2. The van der Waals surface area contributed by atoms with E-state index in [1.165, 1.54) is 120 Å². The van der Waals surface area contributed by atoms with Gasteiger partial charge in [-0.15, -0.1) is 11.6 Å². The summed E-state index contributed by atoms with van der Waals surface area (Å²) < 4.78 is 0. The highest BCUT2D eigenvalue weighted by Gasteiger charge is 2.09. The number of rotatable bonds is 19. The second-order valence-electron chi connectivity index (χ2n) is 9.09. The molecule has 0 amide bonds. The lowest BCUT2D eigenvalue weighted by Crippen LogP contribution is -2.14. The van der Waals surface area contributed by atoms with Crippen LogP contribution in [0.2, 0.25) is 0 Å². The molecule has 1 aromatic rings. The molecular weight excluding hydrogens is 374 g/mol. The maximum Gasteiger partial charge on any atom is 0.110 e. The van der Waals surface area contributed by atoms with Gasteiger partial charge in [0.05, 0.1) is 0 Å². The molecule has 1 unspecified atom stereocenters. The largest absolute Gasteiger partial charge is 0.290 e. The van der Waals surface area contributed by atoms with Crippen LogP contribution in [0.25, 0.3) is 0 Å². The first kappa shape index (κ1) is 26.5. The van der Waals surface area contributed by atoms with Crippen LogP contribution in [0.15, 0.2) is 24.3 Å². The molecule has 29 heavy (non-hydrogen) atoms. The minimum Gasteiger partial charge on any atom is -0.290 e. The Bertz CT molecular complexity index is 468. The maximum absolute atomic E-state index is 6.37. The molecule has 0 aliphatic rings.